The lowest BCUT2D eigenvalue weighted by Crippen LogP contribution is -2.58. The van der Waals surface area contributed by atoms with Crippen LogP contribution in [0.5, 0.6) is 0 Å². The van der Waals surface area contributed by atoms with Gasteiger partial charge in [0, 0.05) is 19.5 Å². The topological polar surface area (TPSA) is 177 Å². The Balaban J connectivity index is 0.000000739. The number of hydrogen-bond acceptors (Lipinski definition) is 7. The average Bonchev–Trinajstić information content (AvgIpc) is 3.17. The molecule has 0 radical (unpaired) electrons. The van der Waals surface area contributed by atoms with Gasteiger partial charge in [-0.15, -0.1) is 0 Å². The SMILES string of the molecule is CCC1=C[N+](CCN(CC)CC)(CC(=O)NCc2ccc(-c3ccc(C(F)(F)F)cc3)cc2)C(CCc2ccc(F)cc2)=NC1=O.O=C(O)C(O)C(O)C(=O)O. The number of carbonyl (C=O) groups is 4. The number of carbonyl (C=O) groups excluding carboxylic acids is 2. The second-order valence-corrected chi connectivity index (χ2v) is 13.0. The number of nitrogens with one attached hydrogen (secondary N) is 1. The molecule has 5 N–H and O–H groups in total. The van der Waals surface area contributed by atoms with Gasteiger partial charge in [-0.05, 0) is 72.5 Å². The molecule has 0 saturated heterocycles. The monoisotopic (exact) mass is 787 g/mol. The minimum atomic E-state index is -4.39. The smallest absolute Gasteiger partial charge is 0.416 e. The molecule has 3 atom stereocenters. The number of nitrogens with zero attached hydrogens (tertiary/aromatic N) is 3. The van der Waals surface area contributed by atoms with Gasteiger partial charge in [0.05, 0.1) is 11.1 Å². The number of aliphatic carboxylic acids is 2. The summed E-state index contributed by atoms with van der Waals surface area (Å²) >= 11 is 0. The quantitative estimate of drug-likeness (QED) is 0.0928. The van der Waals surface area contributed by atoms with Crippen LogP contribution in [0.15, 0.2) is 89.6 Å². The molecule has 0 aromatic heterocycles. The van der Waals surface area contributed by atoms with Crippen molar-refractivity contribution in [3.05, 3.63) is 107 Å². The van der Waals surface area contributed by atoms with Crippen LogP contribution < -0.4 is 5.32 Å². The van der Waals surface area contributed by atoms with Gasteiger partial charge in [-0.2, -0.15) is 18.2 Å². The Morgan fingerprint density at radius 1 is 0.804 bits per heavy atom. The molecule has 4 rings (SSSR count). The van der Waals surface area contributed by atoms with Gasteiger partial charge in [0.25, 0.3) is 11.8 Å². The van der Waals surface area contributed by atoms with Crippen LogP contribution >= 0.6 is 0 Å². The maximum absolute atomic E-state index is 13.6. The summed E-state index contributed by atoms with van der Waals surface area (Å²) in [6.07, 6.45) is -5.56. The largest absolute Gasteiger partial charge is 0.479 e. The van der Waals surface area contributed by atoms with Crippen molar-refractivity contribution in [1.82, 2.24) is 10.2 Å². The van der Waals surface area contributed by atoms with Crippen molar-refractivity contribution in [2.45, 2.75) is 65.0 Å². The number of aliphatic hydroxyl groups is 2. The van der Waals surface area contributed by atoms with Crippen LogP contribution in [0.3, 0.4) is 0 Å². The Hall–Kier alpha value is -5.29. The fourth-order valence-electron chi connectivity index (χ4n) is 5.86. The van der Waals surface area contributed by atoms with Crippen LogP contribution in [-0.2, 0) is 38.3 Å². The molecule has 16 heteroatoms. The number of aliphatic imine (C=N–C) groups is 1. The predicted octanol–water partition coefficient (Wildman–Crippen LogP) is 5.03. The molecule has 0 fully saturated rings. The third kappa shape index (κ3) is 12.9. The first kappa shape index (κ1) is 45.1. The number of carboxylic acids is 2. The van der Waals surface area contributed by atoms with E-state index in [0.29, 0.717) is 49.3 Å². The summed E-state index contributed by atoms with van der Waals surface area (Å²) in [5.74, 6) is -3.75. The van der Waals surface area contributed by atoms with Crippen molar-refractivity contribution in [1.29, 1.82) is 0 Å². The highest BCUT2D eigenvalue weighted by Gasteiger charge is 2.40. The van der Waals surface area contributed by atoms with E-state index in [1.165, 1.54) is 24.3 Å². The summed E-state index contributed by atoms with van der Waals surface area (Å²) in [7, 11) is 0. The van der Waals surface area contributed by atoms with E-state index in [1.807, 2.05) is 37.4 Å². The maximum atomic E-state index is 13.6. The lowest BCUT2D eigenvalue weighted by molar-refractivity contribution is -0.782. The summed E-state index contributed by atoms with van der Waals surface area (Å²) < 4.78 is 52.4. The molecule has 1 aliphatic heterocycles. The number of halogens is 4. The number of alkyl halides is 3. The number of rotatable bonds is 17. The van der Waals surface area contributed by atoms with E-state index in [1.54, 1.807) is 12.1 Å². The van der Waals surface area contributed by atoms with Gasteiger partial charge >= 0.3 is 18.1 Å². The Bertz CT molecular complexity index is 1840. The minimum absolute atomic E-state index is 0.0595. The van der Waals surface area contributed by atoms with Crippen LogP contribution in [0.25, 0.3) is 11.1 Å². The molecule has 0 spiro atoms. The van der Waals surface area contributed by atoms with E-state index in [2.05, 4.69) is 29.1 Å². The van der Waals surface area contributed by atoms with Crippen LogP contribution in [0, 0.1) is 5.82 Å². The Kier molecular flexibility index (Phi) is 16.6. The fourth-order valence-corrected chi connectivity index (χ4v) is 5.86. The van der Waals surface area contributed by atoms with Crippen molar-refractivity contribution in [3.63, 3.8) is 0 Å². The van der Waals surface area contributed by atoms with E-state index in [4.69, 9.17) is 20.4 Å². The van der Waals surface area contributed by atoms with Crippen molar-refractivity contribution in [2.24, 2.45) is 4.99 Å². The molecule has 0 bridgehead atoms. The van der Waals surface area contributed by atoms with Gasteiger partial charge in [-0.1, -0.05) is 69.3 Å². The number of aryl methyl sites for hydroxylation is 1. The number of quaternary nitrogens is 1. The van der Waals surface area contributed by atoms with Crippen molar-refractivity contribution >= 4 is 29.6 Å². The summed E-state index contributed by atoms with van der Waals surface area (Å²) in [5.41, 5.74) is 3.04. The van der Waals surface area contributed by atoms with E-state index in [9.17, 15) is 36.7 Å². The predicted molar refractivity (Wildman–Crippen MR) is 199 cm³/mol. The zero-order chi connectivity index (χ0) is 41.6. The number of hydrogen-bond donors (Lipinski definition) is 5. The van der Waals surface area contributed by atoms with E-state index >= 15 is 0 Å². The highest BCUT2D eigenvalue weighted by Crippen LogP contribution is 2.31. The van der Waals surface area contributed by atoms with Crippen LogP contribution in [-0.4, -0.2) is 104 Å². The first-order valence-electron chi connectivity index (χ1n) is 18.0. The van der Waals surface area contributed by atoms with Crippen LogP contribution in [0.1, 0.15) is 50.3 Å². The highest BCUT2D eigenvalue weighted by atomic mass is 19.4. The first-order valence-corrected chi connectivity index (χ1v) is 18.0. The number of aliphatic hydroxyl groups excluding tert-OH is 2. The second kappa shape index (κ2) is 20.6. The van der Waals surface area contributed by atoms with Gasteiger partial charge < -0.3 is 25.7 Å². The Labute approximate surface area is 322 Å². The molecular weight excluding hydrogens is 740 g/mol. The van der Waals surface area contributed by atoms with Gasteiger partial charge in [-0.3, -0.25) is 14.5 Å². The molecule has 1 aliphatic rings. The van der Waals surface area contributed by atoms with Gasteiger partial charge in [0.1, 0.15) is 18.6 Å². The summed E-state index contributed by atoms with van der Waals surface area (Å²) in [6.45, 7) is 9.32. The number of amidine groups is 1. The van der Waals surface area contributed by atoms with Crippen molar-refractivity contribution < 1.29 is 61.6 Å². The normalized spacial score (nSPS) is 16.6. The Morgan fingerprint density at radius 3 is 1.80 bits per heavy atom. The molecule has 2 amide bonds. The third-order valence-corrected chi connectivity index (χ3v) is 9.28. The lowest BCUT2D eigenvalue weighted by atomic mass is 10.0. The lowest BCUT2D eigenvalue weighted by Gasteiger charge is -2.38. The number of likely N-dealkylation sites (N-methyl/N-ethyl adjacent to an activating group) is 1. The molecular formula is C40H47F4N4O8+. The van der Waals surface area contributed by atoms with E-state index in [-0.39, 0.29) is 35.2 Å². The van der Waals surface area contributed by atoms with E-state index < -0.39 is 35.9 Å². The molecule has 3 unspecified atom stereocenters. The van der Waals surface area contributed by atoms with Gasteiger partial charge in [-0.25, -0.2) is 18.5 Å². The molecule has 0 saturated carbocycles. The third-order valence-electron chi connectivity index (χ3n) is 9.28. The maximum Gasteiger partial charge on any atom is 0.416 e. The fraction of sp³-hybridized carbons (Fsp3) is 0.375. The van der Waals surface area contributed by atoms with Gasteiger partial charge in [0.15, 0.2) is 18.8 Å². The summed E-state index contributed by atoms with van der Waals surface area (Å²) in [4.78, 5) is 52.8. The second-order valence-electron chi connectivity index (χ2n) is 13.0. The van der Waals surface area contributed by atoms with Crippen LogP contribution in [0.4, 0.5) is 17.6 Å². The average molecular weight is 788 g/mol. The first-order chi connectivity index (χ1) is 26.4. The van der Waals surface area contributed by atoms with Gasteiger partial charge in [0.2, 0.25) is 5.84 Å². The van der Waals surface area contributed by atoms with Crippen molar-refractivity contribution in [2.75, 3.05) is 32.7 Å². The number of benzene rings is 3. The molecule has 0 aliphatic carbocycles. The van der Waals surface area contributed by atoms with E-state index in [0.717, 1.165) is 41.9 Å². The molecule has 302 valence electrons. The molecule has 12 nitrogen and oxygen atoms in total. The molecule has 3 aromatic rings. The number of carboxylic acid groups (broad SMARTS) is 2. The summed E-state index contributed by atoms with van der Waals surface area (Å²) in [6, 6.07) is 18.6. The van der Waals surface area contributed by atoms with Crippen molar-refractivity contribution in [3.8, 4) is 11.1 Å². The zero-order valence-electron chi connectivity index (χ0n) is 31.3. The Morgan fingerprint density at radius 2 is 1.32 bits per heavy atom. The highest BCUT2D eigenvalue weighted by molar-refractivity contribution is 6.03. The zero-order valence-corrected chi connectivity index (χ0v) is 31.3. The number of amides is 2. The standard InChI is InChI=1S/C36H40F4N4O2.C4H6O6/c1-4-28-24-44(22-21-43(5-2)6-3,33(42-35(28)46)20-11-26-9-18-32(37)19-10-26)25-34(45)41-23-27-7-12-29(13-8-27)30-14-16-31(17-15-30)36(38,39)40;5-1(3(7)8)2(6)4(9)10/h7-10,12-19,24H,4-6,11,20-23,25H2,1-3H3;1-2,5-6H,(H,7,8)(H,9,10)/p+1. The summed E-state index contributed by atoms with van der Waals surface area (Å²) in [5, 5.41) is 35.5. The molecule has 3 aromatic carbocycles. The van der Waals surface area contributed by atoms with Crippen LogP contribution in [0.2, 0.25) is 0 Å². The molecule has 56 heavy (non-hydrogen) atoms. The minimum Gasteiger partial charge on any atom is -0.479 e. The molecule has 1 heterocycles.